The normalized spacial score (nSPS) is 24.4. The number of likely N-dealkylation sites (tertiary alicyclic amines) is 1. The number of piperidine rings is 1. The third kappa shape index (κ3) is 2.82. The quantitative estimate of drug-likeness (QED) is 0.847. The van der Waals surface area contributed by atoms with Gasteiger partial charge in [0.1, 0.15) is 5.75 Å². The van der Waals surface area contributed by atoms with Gasteiger partial charge in [0.2, 0.25) is 0 Å². The van der Waals surface area contributed by atoms with Crippen LogP contribution in [0.25, 0.3) is 0 Å². The smallest absolute Gasteiger partial charge is 0.321 e. The molecule has 3 heterocycles. The van der Waals surface area contributed by atoms with Crippen LogP contribution < -0.4 is 15.0 Å². The first-order valence-corrected chi connectivity index (χ1v) is 8.76. The van der Waals surface area contributed by atoms with E-state index >= 15 is 0 Å². The zero-order valence-corrected chi connectivity index (χ0v) is 14.6. The van der Waals surface area contributed by atoms with E-state index in [2.05, 4.69) is 5.32 Å². The highest BCUT2D eigenvalue weighted by molar-refractivity contribution is 6.00. The molecule has 0 bridgehead atoms. The Kier molecular flexibility index (Phi) is 3.83. The van der Waals surface area contributed by atoms with Crippen molar-refractivity contribution in [3.05, 3.63) is 18.2 Å². The van der Waals surface area contributed by atoms with E-state index in [1.54, 1.807) is 37.1 Å². The molecule has 3 aliphatic rings. The summed E-state index contributed by atoms with van der Waals surface area (Å²) in [6, 6.07) is 5.25. The van der Waals surface area contributed by atoms with Crippen molar-refractivity contribution < 1.29 is 19.1 Å². The van der Waals surface area contributed by atoms with Crippen molar-refractivity contribution in [2.45, 2.75) is 37.9 Å². The maximum atomic E-state index is 12.5. The maximum Gasteiger partial charge on any atom is 0.321 e. The van der Waals surface area contributed by atoms with Gasteiger partial charge >= 0.3 is 6.03 Å². The number of anilines is 2. The van der Waals surface area contributed by atoms with E-state index < -0.39 is 6.10 Å². The van der Waals surface area contributed by atoms with Crippen LogP contribution in [0, 0.1) is 0 Å². The van der Waals surface area contributed by atoms with Crippen LogP contribution in [-0.4, -0.2) is 55.3 Å². The summed E-state index contributed by atoms with van der Waals surface area (Å²) < 4.78 is 11.3. The number of amides is 3. The van der Waals surface area contributed by atoms with E-state index in [0.29, 0.717) is 30.2 Å². The first-order chi connectivity index (χ1) is 12.0. The molecule has 25 heavy (non-hydrogen) atoms. The summed E-state index contributed by atoms with van der Waals surface area (Å²) in [4.78, 5) is 27.9. The van der Waals surface area contributed by atoms with Gasteiger partial charge in [0, 0.05) is 31.9 Å². The molecule has 1 spiro atoms. The molecule has 7 heteroatoms. The number of ether oxygens (including phenoxy) is 2. The molecular weight excluding hydrogens is 322 g/mol. The third-order valence-corrected chi connectivity index (χ3v) is 5.48. The van der Waals surface area contributed by atoms with Crippen molar-refractivity contribution in [1.82, 2.24) is 4.90 Å². The van der Waals surface area contributed by atoms with Gasteiger partial charge in [0.05, 0.1) is 17.9 Å². The highest BCUT2D eigenvalue weighted by Crippen LogP contribution is 2.37. The van der Waals surface area contributed by atoms with Crippen molar-refractivity contribution in [2.75, 3.05) is 37.0 Å². The molecule has 7 nitrogen and oxygen atoms in total. The highest BCUT2D eigenvalue weighted by Gasteiger charge is 2.42. The lowest BCUT2D eigenvalue weighted by Crippen LogP contribution is -2.54. The van der Waals surface area contributed by atoms with E-state index in [-0.39, 0.29) is 17.5 Å². The van der Waals surface area contributed by atoms with Crippen LogP contribution >= 0.6 is 0 Å². The number of rotatable bonds is 1. The first-order valence-electron chi connectivity index (χ1n) is 8.76. The number of hydrogen-bond acceptors (Lipinski definition) is 4. The van der Waals surface area contributed by atoms with Crippen molar-refractivity contribution in [3.63, 3.8) is 0 Å². The molecule has 0 unspecified atom stereocenters. The molecule has 134 valence electrons. The molecular formula is C18H23N3O4. The molecule has 1 atom stereocenters. The van der Waals surface area contributed by atoms with Gasteiger partial charge in [-0.25, -0.2) is 4.79 Å². The average molecular weight is 345 g/mol. The summed E-state index contributed by atoms with van der Waals surface area (Å²) in [5.41, 5.74) is 1.41. The van der Waals surface area contributed by atoms with Gasteiger partial charge in [0.15, 0.2) is 6.10 Å². The Morgan fingerprint density at radius 3 is 2.64 bits per heavy atom. The minimum atomic E-state index is -0.524. The van der Waals surface area contributed by atoms with Crippen LogP contribution in [0.1, 0.15) is 26.2 Å². The number of hydrogen-bond donors (Lipinski definition) is 1. The Bertz CT molecular complexity index is 706. The standard InChI is InChI=1S/C18H23N3O4/c1-12-16(22)20(2)14-4-3-13(11-15(14)25-12)19-17(23)21-8-5-18(6-9-21)7-10-24-18/h3-4,11-12H,5-10H2,1-2H3,(H,19,23)/t12-/m1/s1. The van der Waals surface area contributed by atoms with Crippen LogP contribution in [-0.2, 0) is 9.53 Å². The molecule has 0 radical (unpaired) electrons. The van der Waals surface area contributed by atoms with Gasteiger partial charge in [-0.3, -0.25) is 4.79 Å². The molecule has 2 fully saturated rings. The van der Waals surface area contributed by atoms with Gasteiger partial charge < -0.3 is 24.6 Å². The molecule has 3 aliphatic heterocycles. The third-order valence-electron chi connectivity index (χ3n) is 5.48. The number of benzene rings is 1. The van der Waals surface area contributed by atoms with Gasteiger partial charge in [-0.2, -0.15) is 0 Å². The van der Waals surface area contributed by atoms with Crippen molar-refractivity contribution in [3.8, 4) is 5.75 Å². The number of nitrogens with zero attached hydrogens (tertiary/aromatic N) is 2. The first kappa shape index (κ1) is 16.2. The number of fused-ring (bicyclic) bond motifs is 1. The summed E-state index contributed by atoms with van der Waals surface area (Å²) in [7, 11) is 1.73. The SMILES string of the molecule is C[C@H]1Oc2cc(NC(=O)N3CCC4(CCO4)CC3)ccc2N(C)C1=O. The Morgan fingerprint density at radius 2 is 2.00 bits per heavy atom. The van der Waals surface area contributed by atoms with E-state index in [0.717, 1.165) is 25.9 Å². The van der Waals surface area contributed by atoms with Gasteiger partial charge in [0.25, 0.3) is 5.91 Å². The van der Waals surface area contributed by atoms with Crippen LogP contribution in [0.5, 0.6) is 5.75 Å². The summed E-state index contributed by atoms with van der Waals surface area (Å²) in [5.74, 6) is 0.526. The fraction of sp³-hybridized carbons (Fsp3) is 0.556. The van der Waals surface area contributed by atoms with Crippen molar-refractivity contribution in [1.29, 1.82) is 0 Å². The molecule has 1 aromatic carbocycles. The summed E-state index contributed by atoms with van der Waals surface area (Å²) >= 11 is 0. The molecule has 4 rings (SSSR count). The Labute approximate surface area is 146 Å². The Balaban J connectivity index is 1.42. The van der Waals surface area contributed by atoms with Crippen LogP contribution in [0.4, 0.5) is 16.2 Å². The van der Waals surface area contributed by atoms with E-state index in [9.17, 15) is 9.59 Å². The minimum Gasteiger partial charge on any atom is -0.479 e. The highest BCUT2D eigenvalue weighted by atomic mass is 16.5. The number of likely N-dealkylation sites (N-methyl/N-ethyl adjacent to an activating group) is 1. The topological polar surface area (TPSA) is 71.1 Å². The average Bonchev–Trinajstić information content (AvgIpc) is 2.58. The molecule has 1 N–H and O–H groups in total. The zero-order valence-electron chi connectivity index (χ0n) is 14.6. The largest absolute Gasteiger partial charge is 0.479 e. The van der Waals surface area contributed by atoms with Crippen LogP contribution in [0.15, 0.2) is 18.2 Å². The van der Waals surface area contributed by atoms with E-state index in [4.69, 9.17) is 9.47 Å². The fourth-order valence-electron chi connectivity index (χ4n) is 3.70. The summed E-state index contributed by atoms with van der Waals surface area (Å²) in [5, 5.41) is 2.93. The van der Waals surface area contributed by atoms with Crippen molar-refractivity contribution >= 4 is 23.3 Å². The fourth-order valence-corrected chi connectivity index (χ4v) is 3.70. The number of carbonyl (C=O) groups excluding carboxylic acids is 2. The Hall–Kier alpha value is -2.28. The summed E-state index contributed by atoms with van der Waals surface area (Å²) in [6.07, 6.45) is 2.38. The monoisotopic (exact) mass is 345 g/mol. The zero-order chi connectivity index (χ0) is 17.6. The minimum absolute atomic E-state index is 0.0314. The van der Waals surface area contributed by atoms with Crippen LogP contribution in [0.3, 0.4) is 0 Å². The maximum absolute atomic E-state index is 12.5. The molecule has 1 aromatic rings. The van der Waals surface area contributed by atoms with E-state index in [1.165, 1.54) is 0 Å². The van der Waals surface area contributed by atoms with E-state index in [1.807, 2.05) is 4.90 Å². The lowest BCUT2D eigenvalue weighted by molar-refractivity contribution is -0.168. The molecule has 2 saturated heterocycles. The van der Waals surface area contributed by atoms with Gasteiger partial charge in [-0.05, 0) is 38.3 Å². The lowest BCUT2D eigenvalue weighted by Gasteiger charge is -2.47. The lowest BCUT2D eigenvalue weighted by atomic mass is 9.84. The molecule has 0 saturated carbocycles. The molecule has 0 aliphatic carbocycles. The number of nitrogens with one attached hydrogen (secondary N) is 1. The second-order valence-electron chi connectivity index (χ2n) is 7.04. The number of urea groups is 1. The second-order valence-corrected chi connectivity index (χ2v) is 7.04. The van der Waals surface area contributed by atoms with Crippen LogP contribution in [0.2, 0.25) is 0 Å². The Morgan fingerprint density at radius 1 is 1.28 bits per heavy atom. The summed E-state index contributed by atoms with van der Waals surface area (Å²) in [6.45, 7) is 3.99. The van der Waals surface area contributed by atoms with Gasteiger partial charge in [-0.15, -0.1) is 0 Å². The number of carbonyl (C=O) groups is 2. The predicted molar refractivity (Wildman–Crippen MR) is 93.1 cm³/mol. The molecule has 0 aromatic heterocycles. The molecule has 3 amide bonds. The van der Waals surface area contributed by atoms with Crippen molar-refractivity contribution in [2.24, 2.45) is 0 Å². The predicted octanol–water partition coefficient (Wildman–Crippen LogP) is 2.22. The second kappa shape index (κ2) is 5.91. The van der Waals surface area contributed by atoms with Gasteiger partial charge in [-0.1, -0.05) is 0 Å².